The number of carbonyl (C=O) groups excluding carboxylic acids is 1. The van der Waals surface area contributed by atoms with E-state index in [9.17, 15) is 4.79 Å². The number of rotatable bonds is 7. The minimum Gasteiger partial charge on any atom is -0.415 e. The largest absolute Gasteiger partial charge is 0.415 e. The van der Waals surface area contributed by atoms with Crippen LogP contribution in [0.4, 0.5) is 5.69 Å². The van der Waals surface area contributed by atoms with Crippen LogP contribution in [0.25, 0.3) is 0 Å². The lowest BCUT2D eigenvalue weighted by atomic mass is 10.1. The molecule has 1 aromatic carbocycles. The molecule has 2 aromatic rings. The molecule has 0 spiro atoms. The molecule has 22 heavy (non-hydrogen) atoms. The van der Waals surface area contributed by atoms with E-state index in [2.05, 4.69) is 22.4 Å². The van der Waals surface area contributed by atoms with E-state index in [4.69, 9.17) is 4.42 Å². The number of nitrogens with zero attached hydrogens (tertiary/aromatic N) is 2. The van der Waals surface area contributed by atoms with Gasteiger partial charge in [-0.25, -0.2) is 0 Å². The second-order valence-electron chi connectivity index (χ2n) is 4.69. The Morgan fingerprint density at radius 2 is 2.05 bits per heavy atom. The van der Waals surface area contributed by atoms with Crippen molar-refractivity contribution in [1.29, 1.82) is 0 Å². The molecule has 0 aliphatic heterocycles. The lowest BCUT2D eigenvalue weighted by molar-refractivity contribution is -0.115. The molecule has 1 N–H and O–H groups in total. The van der Waals surface area contributed by atoms with Gasteiger partial charge in [0.2, 0.25) is 11.8 Å². The van der Waals surface area contributed by atoms with Crippen LogP contribution in [-0.2, 0) is 17.0 Å². The summed E-state index contributed by atoms with van der Waals surface area (Å²) in [7, 11) is 0. The van der Waals surface area contributed by atoms with Crippen LogP contribution in [0.1, 0.15) is 25.3 Å². The summed E-state index contributed by atoms with van der Waals surface area (Å²) < 4.78 is 5.47. The molecule has 0 aliphatic carbocycles. The second-order valence-corrected chi connectivity index (χ2v) is 6.85. The molecule has 5 nitrogen and oxygen atoms in total. The van der Waals surface area contributed by atoms with Gasteiger partial charge in [0.15, 0.2) is 0 Å². The number of nitrogens with one attached hydrogen (secondary N) is 1. The molecule has 0 aliphatic rings. The van der Waals surface area contributed by atoms with E-state index in [0.717, 1.165) is 12.1 Å². The average molecular weight is 337 g/mol. The molecule has 7 heteroatoms. The average Bonchev–Trinajstić information content (AvgIpc) is 2.95. The van der Waals surface area contributed by atoms with Crippen LogP contribution >= 0.6 is 23.5 Å². The summed E-state index contributed by atoms with van der Waals surface area (Å²) in [6.07, 6.45) is 2.95. The number of thioether (sulfide) groups is 2. The molecule has 1 unspecified atom stereocenters. The van der Waals surface area contributed by atoms with Crippen molar-refractivity contribution in [2.24, 2.45) is 0 Å². The Morgan fingerprint density at radius 1 is 1.32 bits per heavy atom. The Bertz CT molecular complexity index is 614. The summed E-state index contributed by atoms with van der Waals surface area (Å²) in [6.45, 7) is 3.92. The number of benzene rings is 1. The highest BCUT2D eigenvalue weighted by molar-refractivity contribution is 8.00. The first-order chi connectivity index (χ1) is 10.6. The summed E-state index contributed by atoms with van der Waals surface area (Å²) in [5, 5.41) is 10.9. The quantitative estimate of drug-likeness (QED) is 0.778. The van der Waals surface area contributed by atoms with E-state index in [1.54, 1.807) is 11.8 Å². The number of anilines is 1. The molecule has 0 fully saturated rings. The first-order valence-electron chi connectivity index (χ1n) is 7.00. The minimum atomic E-state index is -0.312. The minimum absolute atomic E-state index is 0.0844. The normalized spacial score (nSPS) is 12.1. The molecule has 0 saturated carbocycles. The van der Waals surface area contributed by atoms with Crippen molar-refractivity contribution in [3.63, 3.8) is 0 Å². The van der Waals surface area contributed by atoms with Crippen LogP contribution in [-0.4, -0.2) is 27.6 Å². The van der Waals surface area contributed by atoms with Crippen LogP contribution in [0.3, 0.4) is 0 Å². The van der Waals surface area contributed by atoms with Gasteiger partial charge in [0.1, 0.15) is 0 Å². The van der Waals surface area contributed by atoms with Gasteiger partial charge in [-0.3, -0.25) is 4.79 Å². The Labute approximate surface area is 138 Å². The highest BCUT2D eigenvalue weighted by Gasteiger charge is 2.18. The van der Waals surface area contributed by atoms with E-state index in [-0.39, 0.29) is 11.2 Å². The zero-order valence-electron chi connectivity index (χ0n) is 12.8. The van der Waals surface area contributed by atoms with Gasteiger partial charge in [0.25, 0.3) is 5.22 Å². The van der Waals surface area contributed by atoms with Crippen molar-refractivity contribution in [2.75, 3.05) is 11.6 Å². The van der Waals surface area contributed by atoms with Crippen molar-refractivity contribution >= 4 is 35.1 Å². The Hall–Kier alpha value is -1.47. The lowest BCUT2D eigenvalue weighted by Crippen LogP contribution is -2.22. The first-order valence-corrected chi connectivity index (χ1v) is 9.27. The third kappa shape index (κ3) is 4.78. The summed E-state index contributed by atoms with van der Waals surface area (Å²) >= 11 is 2.88. The molecule has 1 amide bonds. The number of aryl methyl sites for hydroxylation is 1. The van der Waals surface area contributed by atoms with Crippen LogP contribution < -0.4 is 5.32 Å². The number of amides is 1. The number of aromatic nitrogens is 2. The van der Waals surface area contributed by atoms with Gasteiger partial charge in [-0.2, -0.15) is 11.8 Å². The maximum atomic E-state index is 12.2. The van der Waals surface area contributed by atoms with Crippen LogP contribution in [0.5, 0.6) is 0 Å². The molecule has 1 heterocycles. The first kappa shape index (κ1) is 16.9. The zero-order chi connectivity index (χ0) is 15.9. The molecule has 1 atom stereocenters. The predicted octanol–water partition coefficient (Wildman–Crippen LogP) is 3.61. The Kier molecular flexibility index (Phi) is 6.33. The summed E-state index contributed by atoms with van der Waals surface area (Å²) in [5.41, 5.74) is 2.04. The van der Waals surface area contributed by atoms with Gasteiger partial charge >= 0.3 is 0 Å². The van der Waals surface area contributed by atoms with E-state index in [1.807, 2.05) is 37.4 Å². The predicted molar refractivity (Wildman–Crippen MR) is 91.3 cm³/mol. The molecule has 0 radical (unpaired) electrons. The van der Waals surface area contributed by atoms with Crippen LogP contribution in [0, 0.1) is 0 Å². The highest BCUT2D eigenvalue weighted by atomic mass is 32.2. The Balaban J connectivity index is 1.90. The summed E-state index contributed by atoms with van der Waals surface area (Å²) in [6, 6.07) is 7.86. The van der Waals surface area contributed by atoms with Crippen molar-refractivity contribution in [2.45, 2.75) is 36.5 Å². The van der Waals surface area contributed by atoms with Gasteiger partial charge in [-0.05, 0) is 37.3 Å². The molecular weight excluding hydrogens is 318 g/mol. The zero-order valence-corrected chi connectivity index (χ0v) is 14.5. The number of hydrogen-bond acceptors (Lipinski definition) is 6. The standard InChI is InChI=1S/C15H19N3O2S2/c1-4-11-5-7-12(8-6-11)16-14(19)10(2)22-15-18-17-13(20-15)9-21-3/h5-8,10H,4,9H2,1-3H3,(H,16,19). The third-order valence-corrected chi connectivity index (χ3v) is 4.46. The molecule has 2 rings (SSSR count). The van der Waals surface area contributed by atoms with Gasteiger partial charge in [0.05, 0.1) is 11.0 Å². The van der Waals surface area contributed by atoms with E-state index in [1.165, 1.54) is 17.3 Å². The van der Waals surface area contributed by atoms with Crippen molar-refractivity contribution in [3.8, 4) is 0 Å². The maximum Gasteiger partial charge on any atom is 0.277 e. The van der Waals surface area contributed by atoms with Crippen molar-refractivity contribution in [1.82, 2.24) is 10.2 Å². The molecule has 0 saturated heterocycles. The van der Waals surface area contributed by atoms with Gasteiger partial charge in [-0.15, -0.1) is 10.2 Å². The van der Waals surface area contributed by atoms with Crippen LogP contribution in [0.2, 0.25) is 0 Å². The maximum absolute atomic E-state index is 12.2. The number of hydrogen-bond donors (Lipinski definition) is 1. The fourth-order valence-electron chi connectivity index (χ4n) is 1.74. The molecule has 0 bridgehead atoms. The van der Waals surface area contributed by atoms with Gasteiger partial charge < -0.3 is 9.73 Å². The van der Waals surface area contributed by atoms with Crippen molar-refractivity contribution < 1.29 is 9.21 Å². The van der Waals surface area contributed by atoms with E-state index in [0.29, 0.717) is 16.9 Å². The molecular formula is C15H19N3O2S2. The number of carbonyl (C=O) groups is 1. The molecule has 118 valence electrons. The summed E-state index contributed by atoms with van der Waals surface area (Å²) in [5.74, 6) is 1.18. The fraction of sp³-hybridized carbons (Fsp3) is 0.400. The Morgan fingerprint density at radius 3 is 2.68 bits per heavy atom. The van der Waals surface area contributed by atoms with E-state index < -0.39 is 0 Å². The topological polar surface area (TPSA) is 68.0 Å². The fourth-order valence-corrected chi connectivity index (χ4v) is 2.80. The smallest absolute Gasteiger partial charge is 0.277 e. The SMILES string of the molecule is CCc1ccc(NC(=O)C(C)Sc2nnc(CSC)o2)cc1. The van der Waals surface area contributed by atoms with Gasteiger partial charge in [0, 0.05) is 5.69 Å². The van der Waals surface area contributed by atoms with Crippen LogP contribution in [0.15, 0.2) is 33.9 Å². The second kappa shape index (κ2) is 8.24. The summed E-state index contributed by atoms with van der Waals surface area (Å²) in [4.78, 5) is 12.2. The third-order valence-electron chi connectivity index (χ3n) is 2.99. The lowest BCUT2D eigenvalue weighted by Gasteiger charge is -2.10. The highest BCUT2D eigenvalue weighted by Crippen LogP contribution is 2.24. The monoisotopic (exact) mass is 337 g/mol. The van der Waals surface area contributed by atoms with E-state index >= 15 is 0 Å². The van der Waals surface area contributed by atoms with Gasteiger partial charge in [-0.1, -0.05) is 30.8 Å². The van der Waals surface area contributed by atoms with Crippen molar-refractivity contribution in [3.05, 3.63) is 35.7 Å². The molecule has 1 aromatic heterocycles.